The Balaban J connectivity index is 3.63. The fraction of sp³-hybridized carbons (Fsp3) is 0.143. The van der Waals surface area contributed by atoms with Gasteiger partial charge in [-0.05, 0) is 12.1 Å². The van der Waals surface area contributed by atoms with Crippen LogP contribution in [0.1, 0.15) is 55.3 Å². The van der Waals surface area contributed by atoms with Crippen LogP contribution in [-0.4, -0.2) is 45.8 Å². The van der Waals surface area contributed by atoms with Crippen molar-refractivity contribution >= 4 is 35.6 Å². The van der Waals surface area contributed by atoms with Crippen LogP contribution in [0.2, 0.25) is 0 Å². The summed E-state index contributed by atoms with van der Waals surface area (Å²) < 4.78 is 0. The molecule has 10 nitrogen and oxygen atoms in total. The zero-order valence-electron chi connectivity index (χ0n) is 12.5. The van der Waals surface area contributed by atoms with E-state index in [4.69, 9.17) is 10.2 Å². The molecule has 126 valence electrons. The zero-order chi connectivity index (χ0) is 18.6. The van der Waals surface area contributed by atoms with E-state index in [2.05, 4.69) is 0 Å². The number of carboxylic acid groups (broad SMARTS) is 2. The van der Waals surface area contributed by atoms with Gasteiger partial charge in [-0.15, -0.1) is 0 Å². The highest BCUT2D eigenvalue weighted by atomic mass is 16.4. The molecule has 24 heavy (non-hydrogen) atoms. The summed E-state index contributed by atoms with van der Waals surface area (Å²) in [5.74, 6) is -7.10. The molecule has 4 N–H and O–H groups in total. The summed E-state index contributed by atoms with van der Waals surface area (Å²) in [7, 11) is 0. The lowest BCUT2D eigenvalue weighted by Gasteiger charge is -2.11. The monoisotopic (exact) mass is 336 g/mol. The molecule has 0 radical (unpaired) electrons. The first kappa shape index (κ1) is 18.5. The van der Waals surface area contributed by atoms with Crippen LogP contribution in [0, 0.1) is 0 Å². The third-order valence-corrected chi connectivity index (χ3v) is 2.69. The molecule has 1 aromatic carbocycles. The molecule has 0 saturated heterocycles. The van der Waals surface area contributed by atoms with Crippen molar-refractivity contribution in [3.63, 3.8) is 0 Å². The van der Waals surface area contributed by atoms with Crippen LogP contribution in [0.25, 0.3) is 0 Å². The molecule has 0 heterocycles. The molecule has 4 amide bonds. The molecule has 0 aliphatic heterocycles. The number of benzene rings is 1. The Hall–Kier alpha value is -3.56. The number of aromatic carboxylic acids is 2. The Morgan fingerprint density at radius 3 is 1.21 bits per heavy atom. The standard InChI is InChI=1S/C14H12N2O8/c1-5(17)15-11(19)7-3-8(12(20)16-6(2)18)10(14(23)24)4-9(7)13(21)22/h3-4H,1-2H3,(H,21,22)(H,23,24)(H,15,17,19)(H,16,18,20). The Labute approximate surface area is 134 Å². The van der Waals surface area contributed by atoms with Gasteiger partial charge in [-0.25, -0.2) is 9.59 Å². The van der Waals surface area contributed by atoms with Gasteiger partial charge in [0.2, 0.25) is 11.8 Å². The lowest BCUT2D eigenvalue weighted by Crippen LogP contribution is -2.32. The molecule has 0 bridgehead atoms. The number of hydrogen-bond acceptors (Lipinski definition) is 6. The molecule has 0 unspecified atom stereocenters. The predicted molar refractivity (Wildman–Crippen MR) is 76.7 cm³/mol. The second-order valence-electron chi connectivity index (χ2n) is 4.57. The quantitative estimate of drug-likeness (QED) is 0.578. The van der Waals surface area contributed by atoms with Gasteiger partial charge in [-0.3, -0.25) is 29.8 Å². The van der Waals surface area contributed by atoms with Crippen molar-refractivity contribution in [2.75, 3.05) is 0 Å². The molecule has 0 aliphatic carbocycles. The number of imide groups is 2. The van der Waals surface area contributed by atoms with E-state index in [1.54, 1.807) is 0 Å². The zero-order valence-corrected chi connectivity index (χ0v) is 12.5. The average Bonchev–Trinajstić information content (AvgIpc) is 2.43. The molecular weight excluding hydrogens is 324 g/mol. The Kier molecular flexibility index (Phi) is 5.50. The van der Waals surface area contributed by atoms with Crippen molar-refractivity contribution in [2.45, 2.75) is 13.8 Å². The number of carboxylic acids is 2. The first-order valence-electron chi connectivity index (χ1n) is 6.33. The van der Waals surface area contributed by atoms with E-state index in [0.29, 0.717) is 12.1 Å². The molecule has 10 heteroatoms. The minimum Gasteiger partial charge on any atom is -0.478 e. The normalized spacial score (nSPS) is 9.75. The predicted octanol–water partition coefficient (Wildman–Crippen LogP) is -0.364. The molecule has 1 aromatic rings. The van der Waals surface area contributed by atoms with E-state index < -0.39 is 57.8 Å². The van der Waals surface area contributed by atoms with Crippen LogP contribution in [-0.2, 0) is 9.59 Å². The first-order chi connectivity index (χ1) is 11.0. The lowest BCUT2D eigenvalue weighted by molar-refractivity contribution is -0.119. The highest BCUT2D eigenvalue weighted by Gasteiger charge is 2.26. The van der Waals surface area contributed by atoms with Crippen molar-refractivity contribution < 1.29 is 39.0 Å². The van der Waals surface area contributed by atoms with Gasteiger partial charge in [0.1, 0.15) is 0 Å². The number of rotatable bonds is 4. The van der Waals surface area contributed by atoms with Crippen molar-refractivity contribution in [3.8, 4) is 0 Å². The van der Waals surface area contributed by atoms with E-state index in [9.17, 15) is 28.8 Å². The van der Waals surface area contributed by atoms with Crippen molar-refractivity contribution in [1.82, 2.24) is 10.6 Å². The van der Waals surface area contributed by atoms with Gasteiger partial charge in [0, 0.05) is 13.8 Å². The minimum absolute atomic E-state index is 0.601. The summed E-state index contributed by atoms with van der Waals surface area (Å²) in [5, 5.41) is 21.9. The lowest BCUT2D eigenvalue weighted by atomic mass is 9.97. The summed E-state index contributed by atoms with van der Waals surface area (Å²) >= 11 is 0. The minimum atomic E-state index is -1.63. The van der Waals surface area contributed by atoms with E-state index >= 15 is 0 Å². The SMILES string of the molecule is CC(=O)NC(=O)c1cc(C(=O)NC(C)=O)c(C(=O)O)cc1C(=O)O. The van der Waals surface area contributed by atoms with Gasteiger partial charge in [0.15, 0.2) is 0 Å². The number of carbonyl (C=O) groups excluding carboxylic acids is 4. The topological polar surface area (TPSA) is 167 Å². The smallest absolute Gasteiger partial charge is 0.336 e. The summed E-state index contributed by atoms with van der Waals surface area (Å²) in [5.41, 5.74) is -2.64. The highest BCUT2D eigenvalue weighted by molar-refractivity contribution is 6.15. The van der Waals surface area contributed by atoms with Crippen molar-refractivity contribution in [2.24, 2.45) is 0 Å². The maximum Gasteiger partial charge on any atom is 0.336 e. The first-order valence-corrected chi connectivity index (χ1v) is 6.33. The number of amides is 4. The van der Waals surface area contributed by atoms with E-state index in [1.165, 1.54) is 0 Å². The average molecular weight is 336 g/mol. The van der Waals surface area contributed by atoms with Crippen LogP contribution in [0.3, 0.4) is 0 Å². The Morgan fingerprint density at radius 1 is 0.667 bits per heavy atom. The van der Waals surface area contributed by atoms with Gasteiger partial charge in [0.25, 0.3) is 11.8 Å². The maximum atomic E-state index is 11.9. The highest BCUT2D eigenvalue weighted by Crippen LogP contribution is 2.18. The molecule has 0 aromatic heterocycles. The van der Waals surface area contributed by atoms with E-state index in [0.717, 1.165) is 13.8 Å². The fourth-order valence-corrected chi connectivity index (χ4v) is 1.78. The van der Waals surface area contributed by atoms with Crippen molar-refractivity contribution in [3.05, 3.63) is 34.4 Å². The van der Waals surface area contributed by atoms with Gasteiger partial charge >= 0.3 is 11.9 Å². The summed E-state index contributed by atoms with van der Waals surface area (Å²) in [4.78, 5) is 68.2. The second kappa shape index (κ2) is 7.13. The Morgan fingerprint density at radius 2 is 0.958 bits per heavy atom. The van der Waals surface area contributed by atoms with Crippen LogP contribution >= 0.6 is 0 Å². The molecule has 1 rings (SSSR count). The molecule has 0 aliphatic rings. The largest absolute Gasteiger partial charge is 0.478 e. The molecule has 0 atom stereocenters. The fourth-order valence-electron chi connectivity index (χ4n) is 1.78. The third-order valence-electron chi connectivity index (χ3n) is 2.69. The number of carbonyl (C=O) groups is 6. The molecule has 0 spiro atoms. The van der Waals surface area contributed by atoms with Gasteiger partial charge in [-0.2, -0.15) is 0 Å². The number of hydrogen-bond donors (Lipinski definition) is 4. The van der Waals surface area contributed by atoms with Crippen LogP contribution in [0.5, 0.6) is 0 Å². The van der Waals surface area contributed by atoms with Crippen LogP contribution < -0.4 is 10.6 Å². The van der Waals surface area contributed by atoms with Gasteiger partial charge in [-0.1, -0.05) is 0 Å². The van der Waals surface area contributed by atoms with Crippen LogP contribution in [0.4, 0.5) is 0 Å². The summed E-state index contributed by atoms with van der Waals surface area (Å²) in [6, 6.07) is 1.30. The number of nitrogens with one attached hydrogen (secondary N) is 2. The second-order valence-corrected chi connectivity index (χ2v) is 4.57. The van der Waals surface area contributed by atoms with Gasteiger partial charge in [0.05, 0.1) is 22.3 Å². The van der Waals surface area contributed by atoms with Gasteiger partial charge < -0.3 is 10.2 Å². The molecular formula is C14H12N2O8. The molecule has 0 saturated carbocycles. The summed E-state index contributed by atoms with van der Waals surface area (Å²) in [6.45, 7) is 2.01. The van der Waals surface area contributed by atoms with E-state index in [1.807, 2.05) is 10.6 Å². The molecule has 0 fully saturated rings. The van der Waals surface area contributed by atoms with Crippen LogP contribution in [0.15, 0.2) is 12.1 Å². The van der Waals surface area contributed by atoms with E-state index in [-0.39, 0.29) is 0 Å². The maximum absolute atomic E-state index is 11.9. The summed E-state index contributed by atoms with van der Waals surface area (Å²) in [6.07, 6.45) is 0. The van der Waals surface area contributed by atoms with Crippen molar-refractivity contribution in [1.29, 1.82) is 0 Å². The Bertz CT molecular complexity index is 720. The third kappa shape index (κ3) is 4.22.